The standard InChI is InChI=1S/C32H35N5O3/c38-29-13-17-36(18-14-29)27-6-3-24(4-7-27)32(40)35-26-5-10-30-25(20-26)21-34-37(30)28-8-1-23(2-9-28)31(39)19-22-11-15-33-16-12-22/h1-10,20-22,29,33,38H,11-19H2,(H,35,40). The van der Waals surface area contributed by atoms with Crippen molar-refractivity contribution in [2.24, 2.45) is 5.92 Å². The Morgan fingerprint density at radius 1 is 0.875 bits per heavy atom. The summed E-state index contributed by atoms with van der Waals surface area (Å²) in [6.07, 6.45) is 5.83. The first-order chi connectivity index (χ1) is 19.5. The smallest absolute Gasteiger partial charge is 0.255 e. The minimum Gasteiger partial charge on any atom is -0.393 e. The van der Waals surface area contributed by atoms with Crippen molar-refractivity contribution >= 4 is 34.0 Å². The number of piperidine rings is 2. The van der Waals surface area contributed by atoms with Gasteiger partial charge in [-0.3, -0.25) is 9.59 Å². The lowest BCUT2D eigenvalue weighted by Crippen LogP contribution is -2.35. The van der Waals surface area contributed by atoms with Gasteiger partial charge in [-0.25, -0.2) is 4.68 Å². The molecule has 206 valence electrons. The third-order valence-corrected chi connectivity index (χ3v) is 8.15. The maximum Gasteiger partial charge on any atom is 0.255 e. The zero-order valence-corrected chi connectivity index (χ0v) is 22.6. The summed E-state index contributed by atoms with van der Waals surface area (Å²) in [5, 5.41) is 21.5. The minimum absolute atomic E-state index is 0.169. The highest BCUT2D eigenvalue weighted by Crippen LogP contribution is 2.25. The van der Waals surface area contributed by atoms with Crippen LogP contribution in [0.5, 0.6) is 0 Å². The molecule has 0 atom stereocenters. The zero-order chi connectivity index (χ0) is 27.5. The van der Waals surface area contributed by atoms with E-state index in [2.05, 4.69) is 20.6 Å². The quantitative estimate of drug-likeness (QED) is 0.293. The first-order valence-electron chi connectivity index (χ1n) is 14.2. The van der Waals surface area contributed by atoms with Crippen LogP contribution in [0.15, 0.2) is 72.9 Å². The van der Waals surface area contributed by atoms with Crippen LogP contribution in [-0.2, 0) is 0 Å². The second-order valence-corrected chi connectivity index (χ2v) is 10.9. The van der Waals surface area contributed by atoms with E-state index in [0.29, 0.717) is 23.6 Å². The van der Waals surface area contributed by atoms with Crippen LogP contribution in [0.4, 0.5) is 11.4 Å². The molecule has 8 nitrogen and oxygen atoms in total. The summed E-state index contributed by atoms with van der Waals surface area (Å²) in [5.74, 6) is 0.496. The maximum absolute atomic E-state index is 12.9. The Morgan fingerprint density at radius 3 is 2.27 bits per heavy atom. The molecule has 3 aromatic carbocycles. The summed E-state index contributed by atoms with van der Waals surface area (Å²) >= 11 is 0. The Kier molecular flexibility index (Phi) is 7.62. The van der Waals surface area contributed by atoms with Crippen molar-refractivity contribution in [1.29, 1.82) is 0 Å². The molecule has 1 amide bonds. The van der Waals surface area contributed by atoms with Gasteiger partial charge in [-0.1, -0.05) is 0 Å². The number of nitrogens with one attached hydrogen (secondary N) is 2. The zero-order valence-electron chi connectivity index (χ0n) is 22.6. The van der Waals surface area contributed by atoms with E-state index in [-0.39, 0.29) is 17.8 Å². The van der Waals surface area contributed by atoms with Crippen molar-refractivity contribution < 1.29 is 14.7 Å². The van der Waals surface area contributed by atoms with E-state index in [1.54, 1.807) is 6.20 Å². The predicted octanol–water partition coefficient (Wildman–Crippen LogP) is 4.81. The van der Waals surface area contributed by atoms with Gasteiger partial charge >= 0.3 is 0 Å². The Bertz CT molecular complexity index is 1480. The minimum atomic E-state index is -0.212. The summed E-state index contributed by atoms with van der Waals surface area (Å²) in [6, 6.07) is 21.0. The van der Waals surface area contributed by atoms with Crippen LogP contribution in [0.3, 0.4) is 0 Å². The van der Waals surface area contributed by atoms with Crippen molar-refractivity contribution in [2.75, 3.05) is 36.4 Å². The molecule has 3 heterocycles. The number of aromatic nitrogens is 2. The summed E-state index contributed by atoms with van der Waals surface area (Å²) in [7, 11) is 0. The monoisotopic (exact) mass is 537 g/mol. The van der Waals surface area contributed by atoms with Crippen LogP contribution in [-0.4, -0.2) is 58.9 Å². The summed E-state index contributed by atoms with van der Waals surface area (Å²) in [4.78, 5) is 27.9. The lowest BCUT2D eigenvalue weighted by Gasteiger charge is -2.31. The Hall–Kier alpha value is -4.01. The number of benzene rings is 3. The molecule has 40 heavy (non-hydrogen) atoms. The van der Waals surface area contributed by atoms with Gasteiger partial charge in [-0.05, 0) is 111 Å². The van der Waals surface area contributed by atoms with Gasteiger partial charge in [0.25, 0.3) is 5.91 Å². The van der Waals surface area contributed by atoms with Gasteiger partial charge in [0.1, 0.15) is 0 Å². The Labute approximate surface area is 234 Å². The molecule has 0 unspecified atom stereocenters. The molecule has 0 radical (unpaired) electrons. The number of amides is 1. The molecule has 6 rings (SSSR count). The Morgan fingerprint density at radius 2 is 1.55 bits per heavy atom. The van der Waals surface area contributed by atoms with Crippen LogP contribution >= 0.6 is 0 Å². The Balaban J connectivity index is 1.10. The summed E-state index contributed by atoms with van der Waals surface area (Å²) < 4.78 is 1.85. The van der Waals surface area contributed by atoms with Crippen molar-refractivity contribution in [3.63, 3.8) is 0 Å². The van der Waals surface area contributed by atoms with Crippen LogP contribution in [0.1, 0.15) is 52.8 Å². The molecular formula is C32H35N5O3. The van der Waals surface area contributed by atoms with E-state index in [1.165, 1.54) is 0 Å². The number of hydrogen-bond donors (Lipinski definition) is 3. The number of carbonyl (C=O) groups is 2. The average molecular weight is 538 g/mol. The lowest BCUT2D eigenvalue weighted by molar-refractivity contribution is 0.0951. The second kappa shape index (κ2) is 11.6. The van der Waals surface area contributed by atoms with E-state index in [4.69, 9.17) is 0 Å². The van der Waals surface area contributed by atoms with Crippen molar-refractivity contribution in [3.8, 4) is 5.69 Å². The van der Waals surface area contributed by atoms with Gasteiger partial charge in [0.05, 0.1) is 23.5 Å². The van der Waals surface area contributed by atoms with Gasteiger partial charge < -0.3 is 20.6 Å². The fraction of sp³-hybridized carbons (Fsp3) is 0.344. The third kappa shape index (κ3) is 5.78. The molecule has 0 saturated carbocycles. The topological polar surface area (TPSA) is 99.5 Å². The number of rotatable bonds is 7. The van der Waals surface area contributed by atoms with Gasteiger partial charge in [-0.2, -0.15) is 5.10 Å². The highest BCUT2D eigenvalue weighted by atomic mass is 16.3. The molecule has 2 saturated heterocycles. The molecule has 2 aliphatic rings. The average Bonchev–Trinajstić information content (AvgIpc) is 3.41. The summed E-state index contributed by atoms with van der Waals surface area (Å²) in [5.41, 5.74) is 4.90. The molecule has 0 aliphatic carbocycles. The second-order valence-electron chi connectivity index (χ2n) is 10.9. The van der Waals surface area contributed by atoms with Crippen LogP contribution in [0.25, 0.3) is 16.6 Å². The fourth-order valence-corrected chi connectivity index (χ4v) is 5.72. The molecule has 3 N–H and O–H groups in total. The number of carbonyl (C=O) groups excluding carboxylic acids is 2. The molecule has 4 aromatic rings. The number of aliphatic hydroxyl groups is 1. The van der Waals surface area contributed by atoms with E-state index >= 15 is 0 Å². The SMILES string of the molecule is O=C(CC1CCNCC1)c1ccc(-n2ncc3cc(NC(=O)c4ccc(N5CCC(O)CC5)cc4)ccc32)cc1. The van der Waals surface area contributed by atoms with Crippen LogP contribution in [0, 0.1) is 5.92 Å². The normalized spacial score (nSPS) is 16.8. The largest absolute Gasteiger partial charge is 0.393 e. The summed E-state index contributed by atoms with van der Waals surface area (Å²) in [6.45, 7) is 3.63. The molecule has 1 aromatic heterocycles. The molecule has 0 spiro atoms. The molecule has 0 bridgehead atoms. The fourth-order valence-electron chi connectivity index (χ4n) is 5.72. The third-order valence-electron chi connectivity index (χ3n) is 8.15. The number of fused-ring (bicyclic) bond motifs is 1. The van der Waals surface area contributed by atoms with Crippen molar-refractivity contribution in [3.05, 3.63) is 84.1 Å². The van der Waals surface area contributed by atoms with Crippen molar-refractivity contribution in [2.45, 2.75) is 38.2 Å². The van der Waals surface area contributed by atoms with Gasteiger partial charge in [0.2, 0.25) is 0 Å². The molecular weight excluding hydrogens is 502 g/mol. The van der Waals surface area contributed by atoms with E-state index in [1.807, 2.05) is 71.4 Å². The number of hydrogen-bond acceptors (Lipinski definition) is 6. The highest BCUT2D eigenvalue weighted by molar-refractivity contribution is 6.05. The van der Waals surface area contributed by atoms with E-state index < -0.39 is 0 Å². The maximum atomic E-state index is 12.9. The molecule has 8 heteroatoms. The lowest BCUT2D eigenvalue weighted by atomic mass is 9.90. The van der Waals surface area contributed by atoms with Crippen LogP contribution in [0.2, 0.25) is 0 Å². The van der Waals surface area contributed by atoms with Gasteiger partial charge in [-0.15, -0.1) is 0 Å². The number of anilines is 2. The molecule has 2 fully saturated rings. The van der Waals surface area contributed by atoms with Crippen LogP contribution < -0.4 is 15.5 Å². The van der Waals surface area contributed by atoms with E-state index in [9.17, 15) is 14.7 Å². The van der Waals surface area contributed by atoms with Gasteiger partial charge in [0, 0.05) is 47.4 Å². The number of Topliss-reactive ketones (excluding diaryl/α,β-unsaturated/α-hetero) is 1. The first-order valence-corrected chi connectivity index (χ1v) is 14.2. The van der Waals surface area contributed by atoms with Gasteiger partial charge in [0.15, 0.2) is 5.78 Å². The van der Waals surface area contributed by atoms with Crippen molar-refractivity contribution in [1.82, 2.24) is 15.1 Å². The number of aliphatic hydroxyl groups excluding tert-OH is 1. The molecule has 2 aliphatic heterocycles. The number of nitrogens with zero attached hydrogens (tertiary/aromatic N) is 3. The predicted molar refractivity (Wildman–Crippen MR) is 157 cm³/mol. The van der Waals surface area contributed by atoms with E-state index in [0.717, 1.165) is 79.7 Å². The number of ketones is 1. The highest BCUT2D eigenvalue weighted by Gasteiger charge is 2.19. The first kappa shape index (κ1) is 26.2.